The van der Waals surface area contributed by atoms with Gasteiger partial charge in [0.15, 0.2) is 0 Å². The molecule has 0 spiro atoms. The first kappa shape index (κ1) is 33.3. The molecule has 0 aliphatic carbocycles. The highest BCUT2D eigenvalue weighted by Gasteiger charge is 2.30. The van der Waals surface area contributed by atoms with Gasteiger partial charge in [0.25, 0.3) is 5.91 Å². The van der Waals surface area contributed by atoms with Crippen LogP contribution in [0.25, 0.3) is 11.1 Å². The maximum Gasteiger partial charge on any atom is 0.416 e. The van der Waals surface area contributed by atoms with E-state index in [1.54, 1.807) is 18.2 Å². The molecule has 0 radical (unpaired) electrons. The standard InChI is InChI=1S/C37H29BrF3NO5/c1-45-35(43)22-32(26-15-13-25(14-16-26)30-9-5-6-10-34(30)47-29-7-3-2-4-8-29)42-36(44)31-21-28(38)19-20-33(31)46-23-24-11-17-27(18-12-24)37(39,40)41/h2-21,32H,22-23H2,1H3,(H,42,44). The highest BCUT2D eigenvalue weighted by molar-refractivity contribution is 9.10. The number of hydrogen-bond acceptors (Lipinski definition) is 5. The van der Waals surface area contributed by atoms with Crippen molar-refractivity contribution in [3.8, 4) is 28.4 Å². The van der Waals surface area contributed by atoms with E-state index < -0.39 is 29.7 Å². The summed E-state index contributed by atoms with van der Waals surface area (Å²) < 4.78 is 56.4. The third-order valence-electron chi connectivity index (χ3n) is 7.25. The van der Waals surface area contributed by atoms with Crippen LogP contribution >= 0.6 is 15.9 Å². The van der Waals surface area contributed by atoms with Gasteiger partial charge in [0, 0.05) is 10.0 Å². The van der Waals surface area contributed by atoms with Gasteiger partial charge in [0.05, 0.1) is 30.7 Å². The minimum atomic E-state index is -4.45. The summed E-state index contributed by atoms with van der Waals surface area (Å²) in [4.78, 5) is 26.0. The summed E-state index contributed by atoms with van der Waals surface area (Å²) in [6, 6.07) is 33.2. The molecule has 0 saturated heterocycles. The second-order valence-corrected chi connectivity index (χ2v) is 11.4. The Labute approximate surface area is 278 Å². The number of carbonyl (C=O) groups is 2. The number of rotatable bonds is 11. The zero-order valence-corrected chi connectivity index (χ0v) is 26.7. The summed E-state index contributed by atoms with van der Waals surface area (Å²) in [5.41, 5.74) is 2.29. The van der Waals surface area contributed by atoms with Crippen molar-refractivity contribution in [2.24, 2.45) is 0 Å². The molecule has 0 heterocycles. The van der Waals surface area contributed by atoms with E-state index in [1.165, 1.54) is 19.2 Å². The second kappa shape index (κ2) is 15.0. The van der Waals surface area contributed by atoms with Gasteiger partial charge in [0.2, 0.25) is 0 Å². The van der Waals surface area contributed by atoms with Gasteiger partial charge in [-0.15, -0.1) is 0 Å². The molecule has 1 unspecified atom stereocenters. The maximum atomic E-state index is 13.6. The molecule has 0 aromatic heterocycles. The van der Waals surface area contributed by atoms with E-state index in [9.17, 15) is 22.8 Å². The number of alkyl halides is 3. The first-order valence-electron chi connectivity index (χ1n) is 14.5. The smallest absolute Gasteiger partial charge is 0.416 e. The highest BCUT2D eigenvalue weighted by Crippen LogP contribution is 2.35. The Bertz CT molecular complexity index is 1830. The van der Waals surface area contributed by atoms with Crippen molar-refractivity contribution in [1.29, 1.82) is 0 Å². The van der Waals surface area contributed by atoms with E-state index in [0.29, 0.717) is 27.1 Å². The lowest BCUT2D eigenvalue weighted by Gasteiger charge is -2.20. The average molecular weight is 705 g/mol. The van der Waals surface area contributed by atoms with Crippen LogP contribution in [0.5, 0.6) is 17.2 Å². The first-order chi connectivity index (χ1) is 22.6. The van der Waals surface area contributed by atoms with E-state index >= 15 is 0 Å². The Balaban J connectivity index is 1.35. The largest absolute Gasteiger partial charge is 0.488 e. The number of halogens is 4. The van der Waals surface area contributed by atoms with Crippen molar-refractivity contribution >= 4 is 27.8 Å². The fourth-order valence-electron chi connectivity index (χ4n) is 4.80. The number of benzene rings is 5. The van der Waals surface area contributed by atoms with Crippen molar-refractivity contribution in [3.05, 3.63) is 148 Å². The molecule has 1 amide bonds. The Morgan fingerprint density at radius 3 is 2.17 bits per heavy atom. The molecule has 0 fully saturated rings. The molecular formula is C37H29BrF3NO5. The Morgan fingerprint density at radius 2 is 1.49 bits per heavy atom. The Kier molecular flexibility index (Phi) is 10.6. The van der Waals surface area contributed by atoms with Crippen molar-refractivity contribution in [1.82, 2.24) is 5.32 Å². The van der Waals surface area contributed by atoms with Crippen molar-refractivity contribution < 1.29 is 37.0 Å². The summed E-state index contributed by atoms with van der Waals surface area (Å²) in [6.45, 7) is -0.0669. The zero-order valence-electron chi connectivity index (χ0n) is 25.1. The van der Waals surface area contributed by atoms with Gasteiger partial charge in [-0.1, -0.05) is 88.7 Å². The maximum absolute atomic E-state index is 13.6. The van der Waals surface area contributed by atoms with Crippen LogP contribution in [0, 0.1) is 0 Å². The molecule has 5 rings (SSSR count). The van der Waals surface area contributed by atoms with E-state index in [4.69, 9.17) is 14.2 Å². The molecule has 6 nitrogen and oxygen atoms in total. The summed E-state index contributed by atoms with van der Waals surface area (Å²) in [6.07, 6.45) is -4.58. The minimum absolute atomic E-state index is 0.0669. The number of methoxy groups -OCH3 is 1. The van der Waals surface area contributed by atoms with Crippen LogP contribution in [0.2, 0.25) is 0 Å². The van der Waals surface area contributed by atoms with Gasteiger partial charge in [-0.05, 0) is 65.2 Å². The van der Waals surface area contributed by atoms with Crippen LogP contribution in [-0.4, -0.2) is 19.0 Å². The molecule has 1 atom stereocenters. The van der Waals surface area contributed by atoms with E-state index in [1.807, 2.05) is 78.9 Å². The molecule has 0 saturated carbocycles. The summed E-state index contributed by atoms with van der Waals surface area (Å²) in [5, 5.41) is 2.92. The lowest BCUT2D eigenvalue weighted by molar-refractivity contribution is -0.141. The normalized spacial score (nSPS) is 11.8. The molecule has 0 aliphatic rings. The summed E-state index contributed by atoms with van der Waals surface area (Å²) >= 11 is 3.38. The van der Waals surface area contributed by atoms with Crippen LogP contribution in [-0.2, 0) is 22.3 Å². The topological polar surface area (TPSA) is 73.9 Å². The summed E-state index contributed by atoms with van der Waals surface area (Å²) in [5.74, 6) is 0.548. The zero-order chi connectivity index (χ0) is 33.4. The molecule has 0 bridgehead atoms. The number of ether oxygens (including phenoxy) is 3. The highest BCUT2D eigenvalue weighted by atomic mass is 79.9. The van der Waals surface area contributed by atoms with Crippen LogP contribution in [0.15, 0.2) is 126 Å². The van der Waals surface area contributed by atoms with Crippen molar-refractivity contribution in [2.45, 2.75) is 25.2 Å². The monoisotopic (exact) mass is 703 g/mol. The predicted molar refractivity (Wildman–Crippen MR) is 175 cm³/mol. The minimum Gasteiger partial charge on any atom is -0.488 e. The van der Waals surface area contributed by atoms with E-state index in [0.717, 1.165) is 23.3 Å². The molecule has 47 heavy (non-hydrogen) atoms. The van der Waals surface area contributed by atoms with Crippen molar-refractivity contribution in [2.75, 3.05) is 7.11 Å². The molecule has 5 aromatic rings. The van der Waals surface area contributed by atoms with Crippen LogP contribution in [0.1, 0.15) is 39.5 Å². The number of hydrogen-bond donors (Lipinski definition) is 1. The Morgan fingerprint density at radius 1 is 0.809 bits per heavy atom. The van der Waals surface area contributed by atoms with Crippen LogP contribution < -0.4 is 14.8 Å². The fourth-order valence-corrected chi connectivity index (χ4v) is 5.16. The number of amides is 1. The number of para-hydroxylation sites is 2. The van der Waals surface area contributed by atoms with Gasteiger partial charge < -0.3 is 19.5 Å². The molecular weight excluding hydrogens is 675 g/mol. The number of esters is 1. The Hall–Kier alpha value is -5.09. The quantitative estimate of drug-likeness (QED) is 0.139. The predicted octanol–water partition coefficient (Wildman–Crippen LogP) is 9.54. The van der Waals surface area contributed by atoms with Gasteiger partial charge in [0.1, 0.15) is 23.9 Å². The van der Waals surface area contributed by atoms with E-state index in [2.05, 4.69) is 21.2 Å². The van der Waals surface area contributed by atoms with Gasteiger partial charge in [-0.3, -0.25) is 9.59 Å². The molecule has 0 aliphatic heterocycles. The van der Waals surface area contributed by atoms with Gasteiger partial charge in [-0.2, -0.15) is 13.2 Å². The first-order valence-corrected chi connectivity index (χ1v) is 15.3. The van der Waals surface area contributed by atoms with E-state index in [-0.39, 0.29) is 24.3 Å². The fraction of sp³-hybridized carbons (Fsp3) is 0.135. The van der Waals surface area contributed by atoms with Gasteiger partial charge >= 0.3 is 12.1 Å². The second-order valence-electron chi connectivity index (χ2n) is 10.5. The number of nitrogens with one attached hydrogen (secondary N) is 1. The van der Waals surface area contributed by atoms with Crippen molar-refractivity contribution in [3.63, 3.8) is 0 Å². The third-order valence-corrected chi connectivity index (χ3v) is 7.74. The molecule has 240 valence electrons. The number of carbonyl (C=O) groups excluding carboxylic acids is 2. The van der Waals surface area contributed by atoms with Gasteiger partial charge in [-0.25, -0.2) is 0 Å². The van der Waals surface area contributed by atoms with Crippen LogP contribution in [0.4, 0.5) is 13.2 Å². The SMILES string of the molecule is COC(=O)CC(NC(=O)c1cc(Br)ccc1OCc1ccc(C(F)(F)F)cc1)c1ccc(-c2ccccc2Oc2ccccc2)cc1. The molecule has 10 heteroatoms. The average Bonchev–Trinajstić information content (AvgIpc) is 3.08. The molecule has 5 aromatic carbocycles. The third kappa shape index (κ3) is 8.80. The molecule has 1 N–H and O–H groups in total. The summed E-state index contributed by atoms with van der Waals surface area (Å²) in [7, 11) is 1.27. The van der Waals surface area contributed by atoms with Crippen LogP contribution in [0.3, 0.4) is 0 Å². The lowest BCUT2D eigenvalue weighted by Crippen LogP contribution is -2.31. The lowest BCUT2D eigenvalue weighted by atomic mass is 9.98.